The van der Waals surface area contributed by atoms with Gasteiger partial charge < -0.3 is 4.74 Å². The van der Waals surface area contributed by atoms with Crippen molar-refractivity contribution in [1.82, 2.24) is 0 Å². The quantitative estimate of drug-likeness (QED) is 0.114. The fourth-order valence-electron chi connectivity index (χ4n) is 3.16. The van der Waals surface area contributed by atoms with E-state index in [0.29, 0.717) is 18.4 Å². The summed E-state index contributed by atoms with van der Waals surface area (Å²) in [6.45, 7) is 2.89. The van der Waals surface area contributed by atoms with E-state index in [2.05, 4.69) is 22.9 Å². The van der Waals surface area contributed by atoms with Crippen LogP contribution in [0.5, 0.6) is 0 Å². The Balaban J connectivity index is 3.02. The van der Waals surface area contributed by atoms with Gasteiger partial charge in [-0.05, 0) is 6.42 Å². The third kappa shape index (κ3) is 21.9. The van der Waals surface area contributed by atoms with Gasteiger partial charge in [-0.2, -0.15) is 0 Å². The van der Waals surface area contributed by atoms with Crippen LogP contribution in [0.25, 0.3) is 0 Å². The molecule has 0 rings (SSSR count). The van der Waals surface area contributed by atoms with Gasteiger partial charge in [0.15, 0.2) is 0 Å². The summed E-state index contributed by atoms with van der Waals surface area (Å²) in [6.07, 6.45) is 23.9. The smallest absolute Gasteiger partial charge is 0.306 e. The van der Waals surface area contributed by atoms with E-state index in [4.69, 9.17) is 4.74 Å². The molecule has 0 aliphatic heterocycles. The van der Waals surface area contributed by atoms with Gasteiger partial charge in [0.25, 0.3) is 0 Å². The SMILES string of the molecule is CCCCCCCCCCCCCCCCCCCOC(=O)CCBr. The fraction of sp³-hybridized carbons (Fsp3) is 0.955. The third-order valence-electron chi connectivity index (χ3n) is 4.81. The van der Waals surface area contributed by atoms with Gasteiger partial charge in [-0.25, -0.2) is 0 Å². The highest BCUT2D eigenvalue weighted by Crippen LogP contribution is 2.14. The second-order valence-electron chi connectivity index (χ2n) is 7.32. The van der Waals surface area contributed by atoms with Crippen molar-refractivity contribution < 1.29 is 9.53 Å². The monoisotopic (exact) mass is 418 g/mol. The van der Waals surface area contributed by atoms with Crippen molar-refractivity contribution in [1.29, 1.82) is 0 Å². The first-order valence-corrected chi connectivity index (χ1v) is 12.1. The topological polar surface area (TPSA) is 26.3 Å². The average molecular weight is 419 g/mol. The van der Waals surface area contributed by atoms with Crippen molar-refractivity contribution >= 4 is 21.9 Å². The van der Waals surface area contributed by atoms with Gasteiger partial charge in [-0.3, -0.25) is 4.79 Å². The van der Waals surface area contributed by atoms with E-state index in [0.717, 1.165) is 6.42 Å². The zero-order chi connectivity index (χ0) is 18.4. The van der Waals surface area contributed by atoms with E-state index in [1.54, 1.807) is 0 Å². The first-order chi connectivity index (χ1) is 12.3. The number of carbonyl (C=O) groups is 1. The van der Waals surface area contributed by atoms with Crippen molar-refractivity contribution in [2.75, 3.05) is 11.9 Å². The Hall–Kier alpha value is -0.0500. The normalized spacial score (nSPS) is 11.0. The lowest BCUT2D eigenvalue weighted by atomic mass is 10.0. The van der Waals surface area contributed by atoms with Gasteiger partial charge in [0.1, 0.15) is 0 Å². The molecule has 0 aliphatic carbocycles. The molecule has 0 aromatic rings. The predicted molar refractivity (Wildman–Crippen MR) is 114 cm³/mol. The maximum Gasteiger partial charge on any atom is 0.306 e. The van der Waals surface area contributed by atoms with Crippen LogP contribution in [0.2, 0.25) is 0 Å². The number of rotatable bonds is 20. The minimum atomic E-state index is -0.0756. The Morgan fingerprint density at radius 2 is 1.00 bits per heavy atom. The van der Waals surface area contributed by atoms with Crippen molar-refractivity contribution in [2.24, 2.45) is 0 Å². The number of hydrogen-bond donors (Lipinski definition) is 0. The molecule has 0 aromatic heterocycles. The summed E-state index contributed by atoms with van der Waals surface area (Å²) in [5.41, 5.74) is 0. The standard InChI is InChI=1S/C22H43BrO2/c1-2-3-4-5-6-7-8-9-10-11-12-13-14-15-16-17-18-21-25-22(24)19-20-23/h2-21H2,1H3. The highest BCUT2D eigenvalue weighted by Gasteiger charge is 2.00. The maximum atomic E-state index is 11.2. The van der Waals surface area contributed by atoms with Crippen LogP contribution in [0.1, 0.15) is 122 Å². The Morgan fingerprint density at radius 3 is 1.36 bits per heavy atom. The Bertz CT molecular complexity index is 269. The average Bonchev–Trinajstić information content (AvgIpc) is 2.61. The lowest BCUT2D eigenvalue weighted by Crippen LogP contribution is -2.05. The molecule has 0 saturated carbocycles. The van der Waals surface area contributed by atoms with Crippen LogP contribution >= 0.6 is 15.9 Å². The molecule has 0 bridgehead atoms. The van der Waals surface area contributed by atoms with Crippen LogP contribution in [-0.4, -0.2) is 17.9 Å². The van der Waals surface area contributed by atoms with Crippen LogP contribution in [-0.2, 0) is 9.53 Å². The number of esters is 1. The molecule has 0 fully saturated rings. The first kappa shape index (κ1) is 24.9. The molecule has 0 N–H and O–H groups in total. The van der Waals surface area contributed by atoms with Crippen molar-refractivity contribution in [3.05, 3.63) is 0 Å². The highest BCUT2D eigenvalue weighted by molar-refractivity contribution is 9.09. The van der Waals surface area contributed by atoms with Crippen LogP contribution in [0, 0.1) is 0 Å². The lowest BCUT2D eigenvalue weighted by molar-refractivity contribution is -0.143. The number of hydrogen-bond acceptors (Lipinski definition) is 2. The van der Waals surface area contributed by atoms with Gasteiger partial charge in [0.05, 0.1) is 13.0 Å². The van der Waals surface area contributed by atoms with E-state index >= 15 is 0 Å². The Kier molecular flexibility index (Phi) is 21.9. The van der Waals surface area contributed by atoms with Gasteiger partial charge in [-0.1, -0.05) is 126 Å². The number of unbranched alkanes of at least 4 members (excludes halogenated alkanes) is 16. The van der Waals surface area contributed by atoms with Crippen LogP contribution in [0.15, 0.2) is 0 Å². The van der Waals surface area contributed by atoms with Crippen LogP contribution in [0.3, 0.4) is 0 Å². The fourth-order valence-corrected chi connectivity index (χ4v) is 3.49. The molecular weight excluding hydrogens is 376 g/mol. The lowest BCUT2D eigenvalue weighted by Gasteiger charge is -2.04. The minimum absolute atomic E-state index is 0.0756. The van der Waals surface area contributed by atoms with Gasteiger partial charge >= 0.3 is 5.97 Å². The number of halogens is 1. The first-order valence-electron chi connectivity index (χ1n) is 11.0. The van der Waals surface area contributed by atoms with E-state index in [1.807, 2.05) is 0 Å². The minimum Gasteiger partial charge on any atom is -0.466 e. The molecule has 150 valence electrons. The highest BCUT2D eigenvalue weighted by atomic mass is 79.9. The summed E-state index contributed by atoms with van der Waals surface area (Å²) in [5.74, 6) is -0.0756. The zero-order valence-electron chi connectivity index (χ0n) is 16.8. The predicted octanol–water partition coefficient (Wildman–Crippen LogP) is 7.97. The molecule has 0 heterocycles. The molecule has 0 aliphatic rings. The Morgan fingerprint density at radius 1 is 0.640 bits per heavy atom. The van der Waals surface area contributed by atoms with Crippen molar-refractivity contribution in [2.45, 2.75) is 122 Å². The molecule has 0 saturated heterocycles. The van der Waals surface area contributed by atoms with Gasteiger partial charge in [0.2, 0.25) is 0 Å². The largest absolute Gasteiger partial charge is 0.466 e. The van der Waals surface area contributed by atoms with E-state index in [-0.39, 0.29) is 5.97 Å². The molecular formula is C22H43BrO2. The van der Waals surface area contributed by atoms with E-state index < -0.39 is 0 Å². The summed E-state index contributed by atoms with van der Waals surface area (Å²) in [7, 11) is 0. The molecule has 0 radical (unpaired) electrons. The Labute approximate surface area is 166 Å². The molecule has 0 spiro atoms. The zero-order valence-corrected chi connectivity index (χ0v) is 18.4. The van der Waals surface area contributed by atoms with E-state index in [1.165, 1.54) is 103 Å². The van der Waals surface area contributed by atoms with Crippen molar-refractivity contribution in [3.63, 3.8) is 0 Å². The number of ether oxygens (including phenoxy) is 1. The molecule has 0 aromatic carbocycles. The second kappa shape index (κ2) is 22.0. The molecule has 0 atom stereocenters. The summed E-state index contributed by atoms with van der Waals surface area (Å²) in [4.78, 5) is 11.2. The second-order valence-corrected chi connectivity index (χ2v) is 8.11. The van der Waals surface area contributed by atoms with Crippen LogP contribution in [0.4, 0.5) is 0 Å². The van der Waals surface area contributed by atoms with Gasteiger partial charge in [-0.15, -0.1) is 0 Å². The van der Waals surface area contributed by atoms with Gasteiger partial charge in [0, 0.05) is 5.33 Å². The number of carbonyl (C=O) groups excluding carboxylic acids is 1. The van der Waals surface area contributed by atoms with Crippen molar-refractivity contribution in [3.8, 4) is 0 Å². The molecule has 2 nitrogen and oxygen atoms in total. The number of alkyl halides is 1. The molecule has 0 unspecified atom stereocenters. The summed E-state index contributed by atoms with van der Waals surface area (Å²) >= 11 is 3.24. The molecule has 0 amide bonds. The summed E-state index contributed by atoms with van der Waals surface area (Å²) < 4.78 is 5.14. The maximum absolute atomic E-state index is 11.2. The van der Waals surface area contributed by atoms with Crippen LogP contribution < -0.4 is 0 Å². The molecule has 25 heavy (non-hydrogen) atoms. The molecule has 3 heteroatoms. The third-order valence-corrected chi connectivity index (χ3v) is 5.21. The summed E-state index contributed by atoms with van der Waals surface area (Å²) in [5, 5.41) is 0.699. The van der Waals surface area contributed by atoms with E-state index in [9.17, 15) is 4.79 Å². The summed E-state index contributed by atoms with van der Waals surface area (Å²) in [6, 6.07) is 0.